The van der Waals surface area contributed by atoms with Crippen molar-refractivity contribution >= 4 is 33.3 Å². The molecule has 0 N–H and O–H groups in total. The van der Waals surface area contributed by atoms with Crippen molar-refractivity contribution in [2.75, 3.05) is 0 Å². The molecule has 0 amide bonds. The van der Waals surface area contributed by atoms with Gasteiger partial charge in [0.25, 0.3) is 0 Å². The van der Waals surface area contributed by atoms with Gasteiger partial charge in [-0.05, 0) is 106 Å². The number of nitrogens with zero attached hydrogens (tertiary/aromatic N) is 3. The maximum atomic E-state index is 6.21. The number of oxazole rings is 3. The van der Waals surface area contributed by atoms with Crippen LogP contribution >= 0.6 is 0 Å². The van der Waals surface area contributed by atoms with E-state index in [-0.39, 0.29) is 0 Å². The van der Waals surface area contributed by atoms with Crippen molar-refractivity contribution in [3.8, 4) is 67.7 Å². The molecule has 0 bridgehead atoms. The molecule has 0 unspecified atom stereocenters. The molecule has 240 valence electrons. The molecule has 6 heteroatoms. The van der Waals surface area contributed by atoms with Gasteiger partial charge in [0.1, 0.15) is 16.6 Å². The van der Waals surface area contributed by atoms with Crippen molar-refractivity contribution in [2.45, 2.75) is 0 Å². The van der Waals surface area contributed by atoms with Gasteiger partial charge in [0.15, 0.2) is 16.7 Å². The smallest absolute Gasteiger partial charge is 0.227 e. The molecule has 3 heterocycles. The Bertz CT molecular complexity index is 2660. The van der Waals surface area contributed by atoms with E-state index in [4.69, 9.17) is 28.2 Å². The van der Waals surface area contributed by atoms with Crippen molar-refractivity contribution in [3.63, 3.8) is 0 Å². The lowest BCUT2D eigenvalue weighted by molar-refractivity contribution is 0.619. The van der Waals surface area contributed by atoms with Gasteiger partial charge in [0, 0.05) is 16.7 Å². The topological polar surface area (TPSA) is 78.1 Å². The predicted octanol–water partition coefficient (Wildman–Crippen LogP) is 12.1. The minimum Gasteiger partial charge on any atom is -0.436 e. The van der Waals surface area contributed by atoms with Gasteiger partial charge in [0.05, 0.1) is 0 Å². The lowest BCUT2D eigenvalue weighted by atomic mass is 9.86. The monoisotopic (exact) mass is 657 g/mol. The Morgan fingerprint density at radius 1 is 0.294 bits per heavy atom. The van der Waals surface area contributed by atoms with Gasteiger partial charge in [-0.1, -0.05) is 91.0 Å². The number of para-hydroxylation sites is 6. The van der Waals surface area contributed by atoms with Crippen LogP contribution in [0.25, 0.3) is 101 Å². The average Bonchev–Trinajstić information content (AvgIpc) is 3.95. The maximum Gasteiger partial charge on any atom is 0.227 e. The van der Waals surface area contributed by atoms with Crippen LogP contribution in [-0.4, -0.2) is 15.0 Å². The minimum absolute atomic E-state index is 0.577. The molecule has 10 rings (SSSR count). The van der Waals surface area contributed by atoms with Crippen molar-refractivity contribution in [1.29, 1.82) is 0 Å². The molecule has 0 aliphatic carbocycles. The van der Waals surface area contributed by atoms with Gasteiger partial charge in [-0.2, -0.15) is 0 Å². The third kappa shape index (κ3) is 5.18. The standard InChI is InChI=1S/C45H27N3O3/c1-4-22-39-36(19-1)46-43(49-39)31-14-7-11-28(25-31)34-17-10-18-35(29-12-8-15-32(26-29)44-47-37-20-2-5-23-40(37)50-44)42(34)30-13-9-16-33(27-30)45-48-38-21-3-6-24-41(38)51-45/h1-27H. The van der Waals surface area contributed by atoms with Gasteiger partial charge in [0.2, 0.25) is 17.7 Å². The van der Waals surface area contributed by atoms with E-state index in [1.165, 1.54) is 0 Å². The Kier molecular flexibility index (Phi) is 6.70. The molecule has 7 aromatic carbocycles. The average molecular weight is 658 g/mol. The molecular formula is C45H27N3O3. The zero-order chi connectivity index (χ0) is 33.7. The molecule has 6 nitrogen and oxygen atoms in total. The van der Waals surface area contributed by atoms with Crippen LogP contribution in [0, 0.1) is 0 Å². The molecule has 0 aliphatic heterocycles. The zero-order valence-corrected chi connectivity index (χ0v) is 27.2. The molecule has 0 saturated carbocycles. The first kappa shape index (κ1) is 28.9. The van der Waals surface area contributed by atoms with Crippen LogP contribution in [-0.2, 0) is 0 Å². The van der Waals surface area contributed by atoms with Crippen LogP contribution in [0.2, 0.25) is 0 Å². The van der Waals surface area contributed by atoms with E-state index < -0.39 is 0 Å². The van der Waals surface area contributed by atoms with Crippen LogP contribution in [0.3, 0.4) is 0 Å². The van der Waals surface area contributed by atoms with Crippen LogP contribution in [0.1, 0.15) is 0 Å². The van der Waals surface area contributed by atoms with E-state index in [1.54, 1.807) is 0 Å². The van der Waals surface area contributed by atoms with E-state index in [0.717, 1.165) is 83.4 Å². The summed E-state index contributed by atoms with van der Waals surface area (Å²) in [6.07, 6.45) is 0. The largest absolute Gasteiger partial charge is 0.436 e. The Balaban J connectivity index is 1.16. The third-order valence-corrected chi connectivity index (χ3v) is 9.19. The van der Waals surface area contributed by atoms with Crippen LogP contribution in [0.15, 0.2) is 177 Å². The second-order valence-corrected chi connectivity index (χ2v) is 12.4. The van der Waals surface area contributed by atoms with Crippen molar-refractivity contribution in [3.05, 3.63) is 164 Å². The zero-order valence-electron chi connectivity index (χ0n) is 27.2. The molecule has 0 atom stereocenters. The first-order valence-corrected chi connectivity index (χ1v) is 16.8. The van der Waals surface area contributed by atoms with E-state index in [9.17, 15) is 0 Å². The molecule has 0 saturated heterocycles. The summed E-state index contributed by atoms with van der Waals surface area (Å²) in [6, 6.07) is 55.1. The van der Waals surface area contributed by atoms with Crippen LogP contribution < -0.4 is 0 Å². The summed E-state index contributed by atoms with van der Waals surface area (Å²) in [7, 11) is 0. The Labute approximate surface area is 292 Å². The normalized spacial score (nSPS) is 11.5. The minimum atomic E-state index is 0.577. The summed E-state index contributed by atoms with van der Waals surface area (Å²) < 4.78 is 18.6. The van der Waals surface area contributed by atoms with Crippen molar-refractivity contribution < 1.29 is 13.3 Å². The Hall–Kier alpha value is -7.05. The van der Waals surface area contributed by atoms with Crippen molar-refractivity contribution in [2.24, 2.45) is 0 Å². The number of hydrogen-bond acceptors (Lipinski definition) is 6. The molecule has 0 fully saturated rings. The number of rotatable bonds is 6. The fraction of sp³-hybridized carbons (Fsp3) is 0. The first-order valence-electron chi connectivity index (χ1n) is 16.8. The molecule has 0 radical (unpaired) electrons. The second kappa shape index (κ2) is 11.8. The molecule has 3 aromatic heterocycles. The Morgan fingerprint density at radius 2 is 0.627 bits per heavy atom. The summed E-state index contributed by atoms with van der Waals surface area (Å²) in [5.74, 6) is 1.74. The van der Waals surface area contributed by atoms with Gasteiger partial charge >= 0.3 is 0 Å². The number of benzene rings is 7. The summed E-state index contributed by atoms with van der Waals surface area (Å²) in [5.41, 5.74) is 13.7. The van der Waals surface area contributed by atoms with Crippen molar-refractivity contribution in [1.82, 2.24) is 15.0 Å². The maximum absolute atomic E-state index is 6.21. The van der Waals surface area contributed by atoms with Gasteiger partial charge < -0.3 is 13.3 Å². The highest BCUT2D eigenvalue weighted by Gasteiger charge is 2.19. The third-order valence-electron chi connectivity index (χ3n) is 9.19. The fourth-order valence-electron chi connectivity index (χ4n) is 6.78. The lowest BCUT2D eigenvalue weighted by Crippen LogP contribution is -1.92. The lowest BCUT2D eigenvalue weighted by Gasteiger charge is -2.17. The quantitative estimate of drug-likeness (QED) is 0.177. The summed E-state index contributed by atoms with van der Waals surface area (Å²) in [6.45, 7) is 0. The van der Waals surface area contributed by atoms with E-state index in [1.807, 2.05) is 91.0 Å². The van der Waals surface area contributed by atoms with Gasteiger partial charge in [-0.3, -0.25) is 0 Å². The predicted molar refractivity (Wildman–Crippen MR) is 202 cm³/mol. The van der Waals surface area contributed by atoms with Gasteiger partial charge in [-0.25, -0.2) is 15.0 Å². The SMILES string of the molecule is c1cc(-c2nc3ccccc3o2)cc(-c2cccc(-c3cccc(-c4nc5ccccc5o4)c3)c2-c2cccc(-c3nc4ccccc4o3)c2)c1. The molecule has 0 spiro atoms. The molecular weight excluding hydrogens is 631 g/mol. The Morgan fingerprint density at radius 3 is 1.04 bits per heavy atom. The van der Waals surface area contributed by atoms with Crippen LogP contribution in [0.5, 0.6) is 0 Å². The second-order valence-electron chi connectivity index (χ2n) is 12.4. The summed E-state index contributed by atoms with van der Waals surface area (Å²) in [4.78, 5) is 14.4. The molecule has 51 heavy (non-hydrogen) atoms. The number of aromatic nitrogens is 3. The summed E-state index contributed by atoms with van der Waals surface area (Å²) >= 11 is 0. The molecule has 10 aromatic rings. The first-order chi connectivity index (χ1) is 25.2. The van der Waals surface area contributed by atoms with E-state index in [0.29, 0.717) is 17.7 Å². The highest BCUT2D eigenvalue weighted by molar-refractivity contribution is 5.96. The van der Waals surface area contributed by atoms with E-state index in [2.05, 4.69) is 72.8 Å². The fourth-order valence-corrected chi connectivity index (χ4v) is 6.78. The van der Waals surface area contributed by atoms with Gasteiger partial charge in [-0.15, -0.1) is 0 Å². The molecule has 0 aliphatic rings. The number of fused-ring (bicyclic) bond motifs is 3. The summed E-state index contributed by atoms with van der Waals surface area (Å²) in [5, 5.41) is 0. The van der Waals surface area contributed by atoms with E-state index >= 15 is 0 Å². The highest BCUT2D eigenvalue weighted by Crippen LogP contribution is 2.43. The number of hydrogen-bond donors (Lipinski definition) is 0. The van der Waals surface area contributed by atoms with Crippen LogP contribution in [0.4, 0.5) is 0 Å². The highest BCUT2D eigenvalue weighted by atomic mass is 16.4.